The predicted octanol–water partition coefficient (Wildman–Crippen LogP) is 0.761. The van der Waals surface area contributed by atoms with Crippen LogP contribution in [0.5, 0.6) is 5.75 Å². The summed E-state index contributed by atoms with van der Waals surface area (Å²) in [6.07, 6.45) is -1.30. The Morgan fingerprint density at radius 1 is 1.18 bits per heavy atom. The monoisotopic (exact) mass is 624 g/mol. The van der Waals surface area contributed by atoms with Gasteiger partial charge >= 0.3 is 11.9 Å². The lowest BCUT2D eigenvalue weighted by Crippen LogP contribution is -2.82. The highest BCUT2D eigenvalue weighted by Crippen LogP contribution is 2.41. The first-order valence-corrected chi connectivity index (χ1v) is 14.2. The Hall–Kier alpha value is -4.80. The fraction of sp³-hybridized carbons (Fsp3) is 0.321. The normalized spacial score (nSPS) is 19.3. The van der Waals surface area contributed by atoms with Gasteiger partial charge in [-0.05, 0) is 46.2 Å². The summed E-state index contributed by atoms with van der Waals surface area (Å²) in [5, 5.41) is 32.4. The van der Waals surface area contributed by atoms with E-state index in [1.165, 1.54) is 19.2 Å². The molecule has 3 N–H and O–H groups in total. The largest absolute Gasteiger partial charge is 0.508 e. The second kappa shape index (κ2) is 12.8. The minimum absolute atomic E-state index is 0.0453. The van der Waals surface area contributed by atoms with E-state index in [4.69, 9.17) is 19.3 Å². The molecule has 0 saturated carbocycles. The summed E-state index contributed by atoms with van der Waals surface area (Å²) >= 11 is 1.05. The minimum atomic E-state index is -1.90. The van der Waals surface area contributed by atoms with Crippen LogP contribution in [-0.4, -0.2) is 90.5 Å². The molecule has 44 heavy (non-hydrogen) atoms. The SMILES string of the molecule is CO[C@@]1(NC(=O)Cc2ccc(O)cc2)C(=O)N2C(C(=O)OCc3cccc(C)c3)=C(CSc3nnnn3CC(=O)O)CO[C@@H]21. The molecule has 2 aromatic carbocycles. The molecule has 16 heteroatoms. The van der Waals surface area contributed by atoms with Gasteiger partial charge in [0.05, 0.1) is 13.0 Å². The molecule has 2 aliphatic rings. The number of thioether (sulfide) groups is 1. The zero-order valence-corrected chi connectivity index (χ0v) is 24.4. The maximum Gasteiger partial charge on any atom is 0.355 e. The molecule has 3 heterocycles. The second-order valence-electron chi connectivity index (χ2n) is 9.99. The van der Waals surface area contributed by atoms with Gasteiger partial charge in [0, 0.05) is 12.9 Å². The average molecular weight is 625 g/mol. The van der Waals surface area contributed by atoms with Crippen molar-refractivity contribution in [3.05, 3.63) is 76.5 Å². The fourth-order valence-corrected chi connectivity index (χ4v) is 5.66. The van der Waals surface area contributed by atoms with E-state index in [1.54, 1.807) is 18.2 Å². The van der Waals surface area contributed by atoms with Gasteiger partial charge in [0.25, 0.3) is 11.6 Å². The van der Waals surface area contributed by atoms with Crippen molar-refractivity contribution in [1.29, 1.82) is 0 Å². The van der Waals surface area contributed by atoms with Crippen LogP contribution in [0.4, 0.5) is 0 Å². The maximum atomic E-state index is 13.7. The first kappa shape index (κ1) is 30.7. The molecule has 2 aliphatic heterocycles. The highest BCUT2D eigenvalue weighted by atomic mass is 32.2. The number of aliphatic carboxylic acids is 1. The molecular formula is C28H28N6O9S. The van der Waals surface area contributed by atoms with E-state index in [2.05, 4.69) is 20.8 Å². The third-order valence-corrected chi connectivity index (χ3v) is 7.91. The predicted molar refractivity (Wildman–Crippen MR) is 150 cm³/mol. The molecule has 0 aliphatic carbocycles. The van der Waals surface area contributed by atoms with Crippen molar-refractivity contribution in [1.82, 2.24) is 30.4 Å². The van der Waals surface area contributed by atoms with E-state index in [9.17, 15) is 24.3 Å². The third kappa shape index (κ3) is 6.27. The lowest BCUT2D eigenvalue weighted by atomic mass is 9.94. The van der Waals surface area contributed by atoms with Crippen molar-refractivity contribution in [3.8, 4) is 5.75 Å². The summed E-state index contributed by atoms with van der Waals surface area (Å²) in [5.74, 6) is -3.13. The van der Waals surface area contributed by atoms with E-state index in [1.807, 2.05) is 25.1 Å². The molecule has 2 atom stereocenters. The molecule has 3 aromatic rings. The number of phenols is 1. The van der Waals surface area contributed by atoms with Crippen LogP contribution >= 0.6 is 11.8 Å². The molecular weight excluding hydrogens is 596 g/mol. The first-order chi connectivity index (χ1) is 21.1. The van der Waals surface area contributed by atoms with E-state index in [0.717, 1.165) is 32.5 Å². The molecule has 230 valence electrons. The first-order valence-electron chi connectivity index (χ1n) is 13.3. The van der Waals surface area contributed by atoms with Gasteiger partial charge in [-0.3, -0.25) is 19.3 Å². The van der Waals surface area contributed by atoms with E-state index in [0.29, 0.717) is 11.1 Å². The topological polar surface area (TPSA) is 195 Å². The number of amides is 2. The number of methoxy groups -OCH3 is 1. The number of aryl methyl sites for hydroxylation is 1. The van der Waals surface area contributed by atoms with Gasteiger partial charge in [0.2, 0.25) is 11.1 Å². The smallest absolute Gasteiger partial charge is 0.355 e. The number of nitrogens with one attached hydrogen (secondary N) is 1. The number of β-lactam (4-membered cyclic amide) rings is 1. The number of rotatable bonds is 12. The Morgan fingerprint density at radius 3 is 2.66 bits per heavy atom. The van der Waals surface area contributed by atoms with Gasteiger partial charge in [0.15, 0.2) is 6.23 Å². The van der Waals surface area contributed by atoms with Crippen LogP contribution < -0.4 is 5.32 Å². The number of hydrogen-bond acceptors (Lipinski definition) is 12. The molecule has 2 amide bonds. The van der Waals surface area contributed by atoms with Crippen LogP contribution in [0.3, 0.4) is 0 Å². The molecule has 1 saturated heterocycles. The van der Waals surface area contributed by atoms with Gasteiger partial charge in [-0.15, -0.1) is 5.10 Å². The minimum Gasteiger partial charge on any atom is -0.508 e. The summed E-state index contributed by atoms with van der Waals surface area (Å²) in [6.45, 7) is 1.23. The zero-order chi connectivity index (χ0) is 31.4. The second-order valence-corrected chi connectivity index (χ2v) is 10.9. The molecule has 1 aromatic heterocycles. The highest BCUT2D eigenvalue weighted by molar-refractivity contribution is 7.99. The Labute approximate surface area is 254 Å². The fourth-order valence-electron chi connectivity index (χ4n) is 4.79. The number of benzene rings is 2. The standard InChI is InChI=1S/C28H28N6O9S/c1-16-4-3-5-18(10-16)13-42-24(39)23-19(15-44-27-30-31-32-33(27)12-22(37)38)14-43-26-28(41-2,25(40)34(23)26)29-21(36)11-17-6-8-20(35)9-7-17/h3-10,26,35H,11-15H2,1-2H3,(H,29,36)(H,37,38)/t26-,28+/m1/s1. The number of fused-ring (bicyclic) bond motifs is 1. The van der Waals surface area contributed by atoms with Crippen molar-refractivity contribution < 1.29 is 43.6 Å². The van der Waals surface area contributed by atoms with Crippen molar-refractivity contribution >= 4 is 35.5 Å². The quantitative estimate of drug-likeness (QED) is 0.111. The molecule has 0 radical (unpaired) electrons. The van der Waals surface area contributed by atoms with Gasteiger partial charge in [0.1, 0.15) is 24.6 Å². The summed E-state index contributed by atoms with van der Waals surface area (Å²) in [4.78, 5) is 52.4. The number of tetrazole rings is 1. The van der Waals surface area contributed by atoms with Crippen LogP contribution in [0.15, 0.2) is 65.0 Å². The van der Waals surface area contributed by atoms with Crippen molar-refractivity contribution in [2.24, 2.45) is 0 Å². The van der Waals surface area contributed by atoms with Crippen LogP contribution in [0.25, 0.3) is 0 Å². The number of esters is 1. The molecule has 0 bridgehead atoms. The summed E-state index contributed by atoms with van der Waals surface area (Å²) in [7, 11) is 1.24. The number of carboxylic acid groups (broad SMARTS) is 1. The zero-order valence-electron chi connectivity index (χ0n) is 23.6. The van der Waals surface area contributed by atoms with Gasteiger partial charge in [-0.1, -0.05) is 53.7 Å². The summed E-state index contributed by atoms with van der Waals surface area (Å²) in [6, 6.07) is 13.4. The number of carbonyl (C=O) groups is 4. The number of carbonyl (C=O) groups excluding carboxylic acids is 3. The number of phenolic OH excluding ortho intramolecular Hbond substituents is 1. The number of aromatic nitrogens is 4. The van der Waals surface area contributed by atoms with Gasteiger partial charge < -0.3 is 29.7 Å². The summed E-state index contributed by atoms with van der Waals surface area (Å²) < 4.78 is 18.2. The van der Waals surface area contributed by atoms with Crippen molar-refractivity contribution in [2.45, 2.75) is 43.6 Å². The average Bonchev–Trinajstić information content (AvgIpc) is 3.44. The van der Waals surface area contributed by atoms with E-state index < -0.39 is 42.3 Å². The number of ether oxygens (including phenoxy) is 3. The Kier molecular flexibility index (Phi) is 8.93. The van der Waals surface area contributed by atoms with Crippen LogP contribution in [0.1, 0.15) is 16.7 Å². The maximum absolute atomic E-state index is 13.7. The molecule has 5 rings (SSSR count). The highest BCUT2D eigenvalue weighted by Gasteiger charge is 2.67. The molecule has 0 spiro atoms. The lowest BCUT2D eigenvalue weighted by Gasteiger charge is -2.55. The van der Waals surface area contributed by atoms with Crippen molar-refractivity contribution in [3.63, 3.8) is 0 Å². The lowest BCUT2D eigenvalue weighted by molar-refractivity contribution is -0.258. The Bertz CT molecular complexity index is 1630. The van der Waals surface area contributed by atoms with Crippen LogP contribution in [0.2, 0.25) is 0 Å². The Balaban J connectivity index is 1.38. The molecule has 0 unspecified atom stereocenters. The van der Waals surface area contributed by atoms with E-state index >= 15 is 0 Å². The third-order valence-electron chi connectivity index (χ3n) is 6.86. The van der Waals surface area contributed by atoms with Crippen LogP contribution in [0, 0.1) is 6.92 Å². The number of hydrogen-bond donors (Lipinski definition) is 3. The molecule has 15 nitrogen and oxygen atoms in total. The molecule has 1 fully saturated rings. The number of aromatic hydroxyl groups is 1. The number of carboxylic acids is 1. The van der Waals surface area contributed by atoms with Gasteiger partial charge in [-0.2, -0.15) is 0 Å². The summed E-state index contributed by atoms with van der Waals surface area (Å²) in [5.41, 5.74) is 0.688. The van der Waals surface area contributed by atoms with Crippen molar-refractivity contribution in [2.75, 3.05) is 19.5 Å². The van der Waals surface area contributed by atoms with Gasteiger partial charge in [-0.25, -0.2) is 9.48 Å². The Morgan fingerprint density at radius 2 is 1.95 bits per heavy atom. The number of nitrogens with zero attached hydrogens (tertiary/aromatic N) is 5. The van der Waals surface area contributed by atoms with Crippen LogP contribution in [-0.2, 0) is 53.0 Å². The van der Waals surface area contributed by atoms with E-state index in [-0.39, 0.29) is 42.0 Å².